The molecule has 0 aliphatic carbocycles. The van der Waals surface area contributed by atoms with Gasteiger partial charge in [0.05, 0.1) is 0 Å². The lowest BCUT2D eigenvalue weighted by atomic mass is 10.0. The van der Waals surface area contributed by atoms with E-state index in [9.17, 15) is 14.4 Å². The second-order valence-electron chi connectivity index (χ2n) is 7.60. The SMILES string of the molecule is Cl.Cl.O=C1CCC(N2Cc3c(NCCCN4CCNCC4)cccc3C2=O)C(=O)N1. The van der Waals surface area contributed by atoms with Gasteiger partial charge in [-0.05, 0) is 31.5 Å². The van der Waals surface area contributed by atoms with Gasteiger partial charge in [-0.1, -0.05) is 6.07 Å². The molecule has 0 aromatic heterocycles. The van der Waals surface area contributed by atoms with E-state index in [1.165, 1.54) is 0 Å². The highest BCUT2D eigenvalue weighted by atomic mass is 35.5. The van der Waals surface area contributed by atoms with Gasteiger partial charge in [-0.15, -0.1) is 24.8 Å². The molecule has 3 aliphatic heterocycles. The monoisotopic (exact) mass is 457 g/mol. The van der Waals surface area contributed by atoms with E-state index in [4.69, 9.17) is 0 Å². The molecular formula is C20H29Cl2N5O3. The maximum absolute atomic E-state index is 12.8. The Balaban J connectivity index is 0.00000160. The fraction of sp³-hybridized carbons (Fsp3) is 0.550. The van der Waals surface area contributed by atoms with Crippen molar-refractivity contribution in [2.24, 2.45) is 0 Å². The van der Waals surface area contributed by atoms with Crippen molar-refractivity contribution >= 4 is 48.2 Å². The molecule has 3 amide bonds. The van der Waals surface area contributed by atoms with Gasteiger partial charge in [0.2, 0.25) is 11.8 Å². The molecule has 0 radical (unpaired) electrons. The standard InChI is InChI=1S/C20H27N5O3.2ClH/c26-18-6-5-17(19(27)23-18)25-13-15-14(20(25)28)3-1-4-16(15)22-7-2-10-24-11-8-21-9-12-24;;/h1,3-4,17,21-22H,2,5-13H2,(H,23,26,27);2*1H. The van der Waals surface area contributed by atoms with Crippen molar-refractivity contribution in [3.05, 3.63) is 29.3 Å². The average Bonchev–Trinajstić information content (AvgIpc) is 3.03. The maximum atomic E-state index is 12.8. The summed E-state index contributed by atoms with van der Waals surface area (Å²) >= 11 is 0. The van der Waals surface area contributed by atoms with Crippen LogP contribution in [-0.4, -0.2) is 72.8 Å². The summed E-state index contributed by atoms with van der Waals surface area (Å²) in [6.07, 6.45) is 1.69. The first-order chi connectivity index (χ1) is 13.6. The number of hydrogen-bond acceptors (Lipinski definition) is 6. The number of amides is 3. The van der Waals surface area contributed by atoms with Crippen LogP contribution in [0.5, 0.6) is 0 Å². The number of nitrogens with one attached hydrogen (secondary N) is 3. The Morgan fingerprint density at radius 1 is 1.10 bits per heavy atom. The van der Waals surface area contributed by atoms with Crippen molar-refractivity contribution in [1.82, 2.24) is 20.4 Å². The van der Waals surface area contributed by atoms with Crippen LogP contribution in [0.1, 0.15) is 35.2 Å². The number of carbonyl (C=O) groups is 3. The molecule has 4 rings (SSSR count). The third-order valence-corrected chi connectivity index (χ3v) is 5.76. The van der Waals surface area contributed by atoms with Crippen molar-refractivity contribution in [1.29, 1.82) is 0 Å². The van der Waals surface area contributed by atoms with E-state index in [1.807, 2.05) is 18.2 Å². The molecule has 0 bridgehead atoms. The smallest absolute Gasteiger partial charge is 0.255 e. The minimum Gasteiger partial charge on any atom is -0.385 e. The predicted octanol–water partition coefficient (Wildman–Crippen LogP) is 0.998. The minimum absolute atomic E-state index is 0. The molecular weight excluding hydrogens is 429 g/mol. The molecule has 166 valence electrons. The maximum Gasteiger partial charge on any atom is 0.255 e. The molecule has 8 nitrogen and oxygen atoms in total. The van der Waals surface area contributed by atoms with Gasteiger partial charge in [-0.25, -0.2) is 0 Å². The summed E-state index contributed by atoms with van der Waals surface area (Å²) in [5.74, 6) is -0.769. The first-order valence-corrected chi connectivity index (χ1v) is 10.1. The first-order valence-electron chi connectivity index (χ1n) is 10.1. The highest BCUT2D eigenvalue weighted by molar-refractivity contribution is 6.06. The first kappa shape index (κ1) is 24.4. The van der Waals surface area contributed by atoms with Crippen LogP contribution in [0.15, 0.2) is 18.2 Å². The number of carbonyl (C=O) groups excluding carboxylic acids is 3. The van der Waals surface area contributed by atoms with Gasteiger partial charge in [0.15, 0.2) is 0 Å². The van der Waals surface area contributed by atoms with Gasteiger partial charge in [-0.2, -0.15) is 0 Å². The largest absolute Gasteiger partial charge is 0.385 e. The molecule has 10 heteroatoms. The molecule has 30 heavy (non-hydrogen) atoms. The van der Waals surface area contributed by atoms with Crippen molar-refractivity contribution < 1.29 is 14.4 Å². The van der Waals surface area contributed by atoms with E-state index in [0.717, 1.165) is 56.9 Å². The fourth-order valence-corrected chi connectivity index (χ4v) is 4.21. The topological polar surface area (TPSA) is 93.8 Å². The van der Waals surface area contributed by atoms with Crippen LogP contribution in [0.4, 0.5) is 5.69 Å². The summed E-state index contributed by atoms with van der Waals surface area (Å²) in [4.78, 5) is 40.5. The molecule has 1 aromatic rings. The number of rotatable bonds is 6. The number of hydrogen-bond donors (Lipinski definition) is 3. The van der Waals surface area contributed by atoms with Gasteiger partial charge in [0.25, 0.3) is 5.91 Å². The summed E-state index contributed by atoms with van der Waals surface area (Å²) in [6.45, 7) is 6.60. The molecule has 0 saturated carbocycles. The Morgan fingerprint density at radius 3 is 2.60 bits per heavy atom. The molecule has 3 N–H and O–H groups in total. The van der Waals surface area contributed by atoms with Crippen LogP contribution in [0.2, 0.25) is 0 Å². The number of fused-ring (bicyclic) bond motifs is 1. The zero-order valence-electron chi connectivity index (χ0n) is 16.8. The molecule has 1 aromatic carbocycles. The summed E-state index contributed by atoms with van der Waals surface area (Å²) in [5.41, 5.74) is 2.55. The van der Waals surface area contributed by atoms with Crippen LogP contribution in [0, 0.1) is 0 Å². The van der Waals surface area contributed by atoms with Crippen LogP contribution in [0.25, 0.3) is 0 Å². The van der Waals surface area contributed by atoms with E-state index >= 15 is 0 Å². The van der Waals surface area contributed by atoms with Gasteiger partial charge < -0.3 is 20.4 Å². The van der Waals surface area contributed by atoms with E-state index in [0.29, 0.717) is 18.5 Å². The van der Waals surface area contributed by atoms with Crippen LogP contribution in [0.3, 0.4) is 0 Å². The lowest BCUT2D eigenvalue weighted by molar-refractivity contribution is -0.136. The number of anilines is 1. The zero-order valence-corrected chi connectivity index (χ0v) is 18.4. The summed E-state index contributed by atoms with van der Waals surface area (Å²) in [7, 11) is 0. The lowest BCUT2D eigenvalue weighted by Crippen LogP contribution is -2.52. The van der Waals surface area contributed by atoms with Gasteiger partial charge in [0.1, 0.15) is 6.04 Å². The van der Waals surface area contributed by atoms with Gasteiger partial charge >= 0.3 is 0 Å². The Morgan fingerprint density at radius 2 is 1.87 bits per heavy atom. The zero-order chi connectivity index (χ0) is 19.5. The van der Waals surface area contributed by atoms with Gasteiger partial charge in [0, 0.05) is 62.5 Å². The molecule has 0 spiro atoms. The van der Waals surface area contributed by atoms with Gasteiger partial charge in [-0.3, -0.25) is 19.7 Å². The van der Waals surface area contributed by atoms with E-state index < -0.39 is 6.04 Å². The van der Waals surface area contributed by atoms with E-state index in [1.54, 1.807) is 4.90 Å². The molecule has 3 heterocycles. The summed E-state index contributed by atoms with van der Waals surface area (Å²) in [6, 6.07) is 5.11. The number of halogens is 2. The lowest BCUT2D eigenvalue weighted by Gasteiger charge is -2.29. The van der Waals surface area contributed by atoms with Crippen LogP contribution in [-0.2, 0) is 16.1 Å². The summed E-state index contributed by atoms with van der Waals surface area (Å²) < 4.78 is 0. The fourth-order valence-electron chi connectivity index (χ4n) is 4.21. The van der Waals surface area contributed by atoms with E-state index in [-0.39, 0.29) is 49.0 Å². The molecule has 1 unspecified atom stereocenters. The van der Waals surface area contributed by atoms with Crippen molar-refractivity contribution in [3.63, 3.8) is 0 Å². The Bertz CT molecular complexity index is 786. The van der Waals surface area contributed by atoms with E-state index in [2.05, 4.69) is 20.9 Å². The molecule has 2 fully saturated rings. The minimum atomic E-state index is -0.571. The number of piperazine rings is 1. The summed E-state index contributed by atoms with van der Waals surface area (Å²) in [5, 5.41) is 9.17. The molecule has 2 saturated heterocycles. The van der Waals surface area contributed by atoms with Crippen LogP contribution < -0.4 is 16.0 Å². The second kappa shape index (κ2) is 10.9. The Kier molecular flexibility index (Phi) is 8.91. The second-order valence-corrected chi connectivity index (χ2v) is 7.60. The van der Waals surface area contributed by atoms with Crippen LogP contribution >= 0.6 is 24.8 Å². The Hall–Kier alpha value is -1.87. The molecule has 1 atom stereocenters. The third kappa shape index (κ3) is 5.24. The number of nitrogens with zero attached hydrogens (tertiary/aromatic N) is 2. The average molecular weight is 458 g/mol. The van der Waals surface area contributed by atoms with Crippen molar-refractivity contribution in [2.45, 2.75) is 31.8 Å². The number of imide groups is 1. The van der Waals surface area contributed by atoms with Crippen molar-refractivity contribution in [3.8, 4) is 0 Å². The predicted molar refractivity (Wildman–Crippen MR) is 119 cm³/mol. The Labute approximate surface area is 188 Å². The third-order valence-electron chi connectivity index (χ3n) is 5.76. The number of benzene rings is 1. The highest BCUT2D eigenvalue weighted by Crippen LogP contribution is 2.32. The number of piperidine rings is 1. The quantitative estimate of drug-likeness (QED) is 0.435. The normalized spacial score (nSPS) is 21.4. The molecule has 3 aliphatic rings. The van der Waals surface area contributed by atoms with Crippen molar-refractivity contribution in [2.75, 3.05) is 44.6 Å². The highest BCUT2D eigenvalue weighted by Gasteiger charge is 2.39.